The van der Waals surface area contributed by atoms with Gasteiger partial charge < -0.3 is 14.2 Å². The molecular weight excluding hydrogens is 479 g/mol. The molecule has 0 fully saturated rings. The molecule has 0 spiro atoms. The maximum absolute atomic E-state index is 12.7. The van der Waals surface area contributed by atoms with Gasteiger partial charge in [-0.2, -0.15) is 0 Å². The fourth-order valence-corrected chi connectivity index (χ4v) is 4.68. The van der Waals surface area contributed by atoms with Gasteiger partial charge in [0.25, 0.3) is 0 Å². The Morgan fingerprint density at radius 2 is 1.64 bits per heavy atom. The number of carbonyl (C=O) groups excluding carboxylic acids is 1. The average molecular weight is 502 g/mol. The van der Waals surface area contributed by atoms with Crippen molar-refractivity contribution in [3.63, 3.8) is 0 Å². The highest BCUT2D eigenvalue weighted by Gasteiger charge is 2.19. The molecule has 3 aromatic carbocycles. The summed E-state index contributed by atoms with van der Waals surface area (Å²) in [5.41, 5.74) is 3.62. The zero-order valence-electron chi connectivity index (χ0n) is 18.3. The number of amides is 1. The van der Waals surface area contributed by atoms with Crippen molar-refractivity contribution in [2.24, 2.45) is 0 Å². The molecule has 4 nitrogen and oxygen atoms in total. The van der Waals surface area contributed by atoms with Crippen LogP contribution in [-0.4, -0.2) is 28.6 Å². The second kappa shape index (κ2) is 10.1. The molecule has 0 bridgehead atoms. The first-order chi connectivity index (χ1) is 15.9. The van der Waals surface area contributed by atoms with Crippen molar-refractivity contribution >= 4 is 51.8 Å². The summed E-state index contributed by atoms with van der Waals surface area (Å²) >= 11 is 18.8. The summed E-state index contributed by atoms with van der Waals surface area (Å²) < 4.78 is 7.98. The molecule has 4 rings (SSSR count). The van der Waals surface area contributed by atoms with E-state index in [1.54, 1.807) is 11.0 Å². The van der Waals surface area contributed by atoms with E-state index in [9.17, 15) is 4.79 Å². The Kier molecular flexibility index (Phi) is 7.18. The molecule has 0 N–H and O–H groups in total. The standard InChI is InChI=1S/C26H23Cl3N2O2/c1-3-30(4-2)26(32)33-24-9-8-23-22(25(24)18-13-20(28)15-21(29)14-18)10-11-31(23)16-17-6-5-7-19(27)12-17/h5-15H,3-4,16H2,1-2H3. The van der Waals surface area contributed by atoms with Gasteiger partial charge in [-0.3, -0.25) is 0 Å². The van der Waals surface area contributed by atoms with Gasteiger partial charge >= 0.3 is 6.09 Å². The number of rotatable bonds is 6. The second-order valence-corrected chi connectivity index (χ2v) is 8.95. The van der Waals surface area contributed by atoms with Crippen LogP contribution < -0.4 is 4.74 Å². The Balaban J connectivity index is 1.84. The maximum atomic E-state index is 12.7. The summed E-state index contributed by atoms with van der Waals surface area (Å²) in [6.45, 7) is 5.61. The van der Waals surface area contributed by atoms with Crippen molar-refractivity contribution in [3.05, 3.63) is 87.5 Å². The van der Waals surface area contributed by atoms with E-state index >= 15 is 0 Å². The number of hydrogen-bond donors (Lipinski definition) is 0. The summed E-state index contributed by atoms with van der Waals surface area (Å²) in [4.78, 5) is 14.4. The molecule has 1 heterocycles. The highest BCUT2D eigenvalue weighted by molar-refractivity contribution is 6.35. The van der Waals surface area contributed by atoms with Crippen molar-refractivity contribution in [2.45, 2.75) is 20.4 Å². The molecule has 0 aliphatic carbocycles. The van der Waals surface area contributed by atoms with Crippen molar-refractivity contribution in [2.75, 3.05) is 13.1 Å². The summed E-state index contributed by atoms with van der Waals surface area (Å²) in [7, 11) is 0. The topological polar surface area (TPSA) is 34.5 Å². The van der Waals surface area contributed by atoms with Crippen LogP contribution in [0.5, 0.6) is 5.75 Å². The number of benzene rings is 3. The van der Waals surface area contributed by atoms with Crippen LogP contribution in [0.15, 0.2) is 66.9 Å². The Morgan fingerprint density at radius 1 is 0.909 bits per heavy atom. The van der Waals surface area contributed by atoms with Gasteiger partial charge in [0.1, 0.15) is 5.75 Å². The maximum Gasteiger partial charge on any atom is 0.415 e. The van der Waals surface area contributed by atoms with E-state index < -0.39 is 6.09 Å². The first kappa shape index (κ1) is 23.5. The molecule has 0 radical (unpaired) electrons. The van der Waals surface area contributed by atoms with Gasteiger partial charge in [0.15, 0.2) is 0 Å². The summed E-state index contributed by atoms with van der Waals surface area (Å²) in [6.07, 6.45) is 1.61. The molecule has 0 aliphatic rings. The van der Waals surface area contributed by atoms with E-state index in [1.165, 1.54) is 0 Å². The minimum atomic E-state index is -0.396. The molecule has 0 unspecified atom stereocenters. The Morgan fingerprint density at radius 3 is 2.30 bits per heavy atom. The van der Waals surface area contributed by atoms with Gasteiger partial charge in [-0.25, -0.2) is 4.79 Å². The molecule has 7 heteroatoms. The third kappa shape index (κ3) is 5.14. The van der Waals surface area contributed by atoms with Crippen LogP contribution in [0.4, 0.5) is 4.79 Å². The lowest BCUT2D eigenvalue weighted by atomic mass is 10.0. The number of fused-ring (bicyclic) bond motifs is 1. The lowest BCUT2D eigenvalue weighted by Gasteiger charge is -2.20. The fourth-order valence-electron chi connectivity index (χ4n) is 3.94. The van der Waals surface area contributed by atoms with Crippen LogP contribution in [0, 0.1) is 0 Å². The van der Waals surface area contributed by atoms with Gasteiger partial charge in [0, 0.05) is 57.4 Å². The molecule has 0 saturated carbocycles. The Labute approximate surface area is 208 Å². The van der Waals surface area contributed by atoms with Crippen LogP contribution in [0.3, 0.4) is 0 Å². The van der Waals surface area contributed by atoms with Gasteiger partial charge in [0.05, 0.1) is 0 Å². The largest absolute Gasteiger partial charge is 0.415 e. The lowest BCUT2D eigenvalue weighted by Crippen LogP contribution is -2.33. The molecule has 1 aromatic heterocycles. The summed E-state index contributed by atoms with van der Waals surface area (Å²) in [6, 6.07) is 18.9. The van der Waals surface area contributed by atoms with Crippen molar-refractivity contribution in [3.8, 4) is 16.9 Å². The molecule has 33 heavy (non-hydrogen) atoms. The normalized spacial score (nSPS) is 11.1. The van der Waals surface area contributed by atoms with E-state index in [4.69, 9.17) is 39.5 Å². The number of carbonyl (C=O) groups is 1. The van der Waals surface area contributed by atoms with Crippen LogP contribution in [-0.2, 0) is 6.54 Å². The predicted molar refractivity (Wildman–Crippen MR) is 137 cm³/mol. The van der Waals surface area contributed by atoms with Crippen LogP contribution >= 0.6 is 34.8 Å². The van der Waals surface area contributed by atoms with Crippen LogP contribution in [0.2, 0.25) is 15.1 Å². The minimum Gasteiger partial charge on any atom is -0.410 e. The third-order valence-electron chi connectivity index (χ3n) is 5.53. The first-order valence-electron chi connectivity index (χ1n) is 10.7. The van der Waals surface area contributed by atoms with Crippen LogP contribution in [0.25, 0.3) is 22.0 Å². The molecule has 170 valence electrons. The number of aromatic nitrogens is 1. The number of nitrogens with zero attached hydrogens (tertiary/aromatic N) is 2. The van der Waals surface area contributed by atoms with E-state index in [1.807, 2.05) is 74.6 Å². The molecule has 4 aromatic rings. The van der Waals surface area contributed by atoms with Gasteiger partial charge in [-0.1, -0.05) is 46.9 Å². The monoisotopic (exact) mass is 500 g/mol. The van der Waals surface area contributed by atoms with Gasteiger partial charge in [-0.05, 0) is 73.5 Å². The van der Waals surface area contributed by atoms with Crippen molar-refractivity contribution < 1.29 is 9.53 Å². The predicted octanol–water partition coefficient (Wildman–Crippen LogP) is 8.16. The summed E-state index contributed by atoms with van der Waals surface area (Å²) in [5, 5.41) is 2.65. The highest BCUT2D eigenvalue weighted by Crippen LogP contribution is 2.40. The zero-order valence-corrected chi connectivity index (χ0v) is 20.6. The smallest absolute Gasteiger partial charge is 0.410 e. The fraction of sp³-hybridized carbons (Fsp3) is 0.192. The van der Waals surface area contributed by atoms with Gasteiger partial charge in [-0.15, -0.1) is 0 Å². The van der Waals surface area contributed by atoms with Crippen molar-refractivity contribution in [1.82, 2.24) is 9.47 Å². The SMILES string of the molecule is CCN(CC)C(=O)Oc1ccc2c(ccn2Cc2cccc(Cl)c2)c1-c1cc(Cl)cc(Cl)c1. The number of hydrogen-bond acceptors (Lipinski definition) is 2. The third-order valence-corrected chi connectivity index (χ3v) is 6.20. The molecule has 0 aliphatic heterocycles. The first-order valence-corrected chi connectivity index (χ1v) is 11.8. The lowest BCUT2D eigenvalue weighted by molar-refractivity contribution is 0.157. The molecule has 0 atom stereocenters. The Bertz CT molecular complexity index is 1290. The number of halogens is 3. The van der Waals surface area contributed by atoms with E-state index in [-0.39, 0.29) is 0 Å². The summed E-state index contributed by atoms with van der Waals surface area (Å²) in [5.74, 6) is 0.457. The second-order valence-electron chi connectivity index (χ2n) is 7.64. The minimum absolute atomic E-state index is 0.396. The molecule has 0 saturated heterocycles. The van der Waals surface area contributed by atoms with E-state index in [0.29, 0.717) is 40.5 Å². The molecule has 1 amide bonds. The van der Waals surface area contributed by atoms with Gasteiger partial charge in [0.2, 0.25) is 0 Å². The zero-order chi connectivity index (χ0) is 23.5. The quantitative estimate of drug-likeness (QED) is 0.267. The van der Waals surface area contributed by atoms with E-state index in [0.717, 1.165) is 27.6 Å². The number of ether oxygens (including phenoxy) is 1. The molecular formula is C26H23Cl3N2O2. The Hall–Kier alpha value is -2.66. The average Bonchev–Trinajstić information content (AvgIpc) is 3.16. The van der Waals surface area contributed by atoms with E-state index in [2.05, 4.69) is 4.57 Å². The van der Waals surface area contributed by atoms with Crippen LogP contribution in [0.1, 0.15) is 19.4 Å². The van der Waals surface area contributed by atoms with Crippen molar-refractivity contribution in [1.29, 1.82) is 0 Å². The highest BCUT2D eigenvalue weighted by atomic mass is 35.5.